The first kappa shape index (κ1) is 22.3. The van der Waals surface area contributed by atoms with Crippen molar-refractivity contribution in [2.75, 3.05) is 26.1 Å². The van der Waals surface area contributed by atoms with Crippen LogP contribution in [0.15, 0.2) is 34.2 Å². The predicted molar refractivity (Wildman–Crippen MR) is 122 cm³/mol. The number of thiophene rings is 1. The number of rotatable bonds is 8. The Balaban J connectivity index is 1.89. The summed E-state index contributed by atoms with van der Waals surface area (Å²) in [5.41, 5.74) is 1.51. The van der Waals surface area contributed by atoms with Crippen LogP contribution in [-0.4, -0.2) is 41.5 Å². The van der Waals surface area contributed by atoms with Crippen molar-refractivity contribution in [1.82, 2.24) is 9.55 Å². The summed E-state index contributed by atoms with van der Waals surface area (Å²) in [7, 11) is 3.17. The van der Waals surface area contributed by atoms with E-state index in [1.165, 1.54) is 23.1 Å². The van der Waals surface area contributed by atoms with Crippen molar-refractivity contribution < 1.29 is 14.3 Å². The molecule has 1 atom stereocenters. The Labute approximate surface area is 183 Å². The van der Waals surface area contributed by atoms with Gasteiger partial charge in [-0.3, -0.25) is 14.2 Å². The number of benzene rings is 1. The summed E-state index contributed by atoms with van der Waals surface area (Å²) in [4.78, 5) is 32.4. The minimum Gasteiger partial charge on any atom is -0.497 e. The first-order chi connectivity index (χ1) is 14.3. The zero-order valence-electron chi connectivity index (χ0n) is 17.6. The molecule has 0 aliphatic rings. The molecule has 0 saturated heterocycles. The lowest BCUT2D eigenvalue weighted by Gasteiger charge is -2.16. The number of aryl methyl sites for hydroxylation is 2. The van der Waals surface area contributed by atoms with E-state index in [2.05, 4.69) is 5.32 Å². The first-order valence-electron chi connectivity index (χ1n) is 9.46. The van der Waals surface area contributed by atoms with E-state index < -0.39 is 5.25 Å². The van der Waals surface area contributed by atoms with E-state index in [0.29, 0.717) is 40.0 Å². The van der Waals surface area contributed by atoms with E-state index in [1.54, 1.807) is 37.8 Å². The Morgan fingerprint density at radius 1 is 1.33 bits per heavy atom. The van der Waals surface area contributed by atoms with E-state index in [9.17, 15) is 9.59 Å². The molecule has 0 fully saturated rings. The number of methoxy groups -OCH3 is 2. The summed E-state index contributed by atoms with van der Waals surface area (Å²) < 4.78 is 12.0. The maximum absolute atomic E-state index is 13.1. The number of ether oxygens (including phenoxy) is 2. The minimum atomic E-state index is -0.462. The minimum absolute atomic E-state index is 0.0956. The van der Waals surface area contributed by atoms with E-state index in [4.69, 9.17) is 14.5 Å². The number of nitrogens with one attached hydrogen (secondary N) is 1. The molecule has 9 heteroatoms. The zero-order valence-corrected chi connectivity index (χ0v) is 19.3. The summed E-state index contributed by atoms with van der Waals surface area (Å²) in [5, 5.41) is 3.58. The topological polar surface area (TPSA) is 82.4 Å². The normalized spacial score (nSPS) is 12.2. The lowest BCUT2D eigenvalue weighted by Crippen LogP contribution is -2.28. The van der Waals surface area contributed by atoms with Gasteiger partial charge in [-0.15, -0.1) is 11.3 Å². The van der Waals surface area contributed by atoms with E-state index in [0.717, 1.165) is 10.4 Å². The number of amides is 1. The average Bonchev–Trinajstić information content (AvgIpc) is 3.01. The molecule has 3 aromatic rings. The Kier molecular flexibility index (Phi) is 7.17. The van der Waals surface area contributed by atoms with Crippen LogP contribution in [0, 0.1) is 13.8 Å². The van der Waals surface area contributed by atoms with Gasteiger partial charge in [-0.25, -0.2) is 4.98 Å². The molecule has 1 amide bonds. The van der Waals surface area contributed by atoms with Gasteiger partial charge in [0, 0.05) is 23.7 Å². The summed E-state index contributed by atoms with van der Waals surface area (Å²) in [6.07, 6.45) is 0. The smallest absolute Gasteiger partial charge is 0.263 e. The standard InChI is InChI=1S/C21H25N3O4S2/c1-12-13(2)29-19-17(12)20(26)24(9-10-27-4)21(23-19)30-14(3)18(25)22-15-7-6-8-16(11-15)28-5/h6-8,11,14H,9-10H2,1-5H3,(H,22,25)/t14-/m1/s1. The van der Waals surface area contributed by atoms with Crippen LogP contribution in [0.25, 0.3) is 10.2 Å². The van der Waals surface area contributed by atoms with Gasteiger partial charge in [0.15, 0.2) is 5.16 Å². The summed E-state index contributed by atoms with van der Waals surface area (Å²) in [6.45, 7) is 6.47. The van der Waals surface area contributed by atoms with E-state index in [-0.39, 0.29) is 11.5 Å². The van der Waals surface area contributed by atoms with Crippen LogP contribution in [0.4, 0.5) is 5.69 Å². The number of carbonyl (C=O) groups excluding carboxylic acids is 1. The molecule has 7 nitrogen and oxygen atoms in total. The van der Waals surface area contributed by atoms with Crippen LogP contribution in [0.1, 0.15) is 17.4 Å². The van der Waals surface area contributed by atoms with Crippen LogP contribution in [-0.2, 0) is 16.1 Å². The number of nitrogens with zero attached hydrogens (tertiary/aromatic N) is 2. The van der Waals surface area contributed by atoms with Crippen LogP contribution >= 0.6 is 23.1 Å². The fraction of sp³-hybridized carbons (Fsp3) is 0.381. The highest BCUT2D eigenvalue weighted by molar-refractivity contribution is 8.00. The summed E-state index contributed by atoms with van der Waals surface area (Å²) in [5.74, 6) is 0.483. The monoisotopic (exact) mass is 447 g/mol. The fourth-order valence-electron chi connectivity index (χ4n) is 2.93. The Bertz CT molecular complexity index is 1120. The number of aromatic nitrogens is 2. The summed E-state index contributed by atoms with van der Waals surface area (Å²) in [6, 6.07) is 7.18. The number of carbonyl (C=O) groups is 1. The zero-order chi connectivity index (χ0) is 21.8. The molecular formula is C21H25N3O4S2. The molecule has 0 aliphatic heterocycles. The van der Waals surface area contributed by atoms with Crippen molar-refractivity contribution in [3.8, 4) is 5.75 Å². The van der Waals surface area contributed by atoms with Crippen molar-refractivity contribution in [2.24, 2.45) is 0 Å². The molecule has 2 aromatic heterocycles. The number of hydrogen-bond donors (Lipinski definition) is 1. The maximum Gasteiger partial charge on any atom is 0.263 e. The SMILES string of the molecule is COCCn1c(S[C@H](C)C(=O)Nc2cccc(OC)c2)nc2sc(C)c(C)c2c1=O. The van der Waals surface area contributed by atoms with Crippen molar-refractivity contribution in [3.05, 3.63) is 45.1 Å². The Hall–Kier alpha value is -2.36. The first-order valence-corrected chi connectivity index (χ1v) is 11.2. The molecule has 0 spiro atoms. The van der Waals surface area contributed by atoms with Gasteiger partial charge in [0.1, 0.15) is 10.6 Å². The third kappa shape index (κ3) is 4.69. The quantitative estimate of drug-likeness (QED) is 0.417. The van der Waals surface area contributed by atoms with E-state index >= 15 is 0 Å². The molecule has 0 bridgehead atoms. The number of anilines is 1. The third-order valence-corrected chi connectivity index (χ3v) is 6.95. The lowest BCUT2D eigenvalue weighted by atomic mass is 10.2. The molecule has 30 heavy (non-hydrogen) atoms. The van der Waals surface area contributed by atoms with Gasteiger partial charge < -0.3 is 14.8 Å². The largest absolute Gasteiger partial charge is 0.497 e. The number of thioether (sulfide) groups is 1. The van der Waals surface area contributed by atoms with Gasteiger partial charge in [0.05, 0.1) is 30.9 Å². The highest BCUT2D eigenvalue weighted by Crippen LogP contribution is 2.30. The molecule has 1 aromatic carbocycles. The van der Waals surface area contributed by atoms with Crippen LogP contribution in [0.2, 0.25) is 0 Å². The average molecular weight is 448 g/mol. The van der Waals surface area contributed by atoms with Crippen molar-refractivity contribution in [1.29, 1.82) is 0 Å². The third-order valence-electron chi connectivity index (χ3n) is 4.76. The predicted octanol–water partition coefficient (Wildman–Crippen LogP) is 3.85. The number of hydrogen-bond acceptors (Lipinski definition) is 7. The molecule has 0 unspecified atom stereocenters. The Morgan fingerprint density at radius 3 is 2.80 bits per heavy atom. The number of fused-ring (bicyclic) bond motifs is 1. The molecule has 0 saturated carbocycles. The van der Waals surface area contributed by atoms with Crippen molar-refractivity contribution >= 4 is 44.9 Å². The maximum atomic E-state index is 13.1. The van der Waals surface area contributed by atoms with Crippen LogP contribution < -0.4 is 15.6 Å². The summed E-state index contributed by atoms with van der Waals surface area (Å²) >= 11 is 2.76. The van der Waals surface area contributed by atoms with E-state index in [1.807, 2.05) is 26.0 Å². The van der Waals surface area contributed by atoms with Gasteiger partial charge in [0.2, 0.25) is 5.91 Å². The van der Waals surface area contributed by atoms with Crippen molar-refractivity contribution in [2.45, 2.75) is 37.7 Å². The highest BCUT2D eigenvalue weighted by atomic mass is 32.2. The van der Waals surface area contributed by atoms with Crippen molar-refractivity contribution in [3.63, 3.8) is 0 Å². The van der Waals surface area contributed by atoms with Gasteiger partial charge in [-0.05, 0) is 38.5 Å². The second-order valence-electron chi connectivity index (χ2n) is 6.79. The second kappa shape index (κ2) is 9.63. The lowest BCUT2D eigenvalue weighted by molar-refractivity contribution is -0.115. The molecule has 1 N–H and O–H groups in total. The fourth-order valence-corrected chi connectivity index (χ4v) is 4.94. The van der Waals surface area contributed by atoms with Gasteiger partial charge in [-0.2, -0.15) is 0 Å². The molecule has 0 aliphatic carbocycles. The molecule has 160 valence electrons. The highest BCUT2D eigenvalue weighted by Gasteiger charge is 2.21. The van der Waals surface area contributed by atoms with Gasteiger partial charge in [0.25, 0.3) is 5.56 Å². The van der Waals surface area contributed by atoms with Crippen LogP contribution in [0.3, 0.4) is 0 Å². The van der Waals surface area contributed by atoms with Crippen LogP contribution in [0.5, 0.6) is 5.75 Å². The second-order valence-corrected chi connectivity index (χ2v) is 9.30. The van der Waals surface area contributed by atoms with Gasteiger partial charge in [-0.1, -0.05) is 17.8 Å². The molecule has 3 rings (SSSR count). The van der Waals surface area contributed by atoms with Gasteiger partial charge >= 0.3 is 0 Å². The Morgan fingerprint density at radius 2 is 2.10 bits per heavy atom. The molecule has 2 heterocycles. The molecular weight excluding hydrogens is 422 g/mol. The molecule has 0 radical (unpaired) electrons.